The molecule has 1 aliphatic heterocycles. The van der Waals surface area contributed by atoms with Crippen molar-refractivity contribution in [2.75, 3.05) is 36.0 Å². The zero-order valence-electron chi connectivity index (χ0n) is 16.5. The molecule has 0 saturated carbocycles. The maximum atomic E-state index is 5.00. The van der Waals surface area contributed by atoms with Crippen LogP contribution in [0.15, 0.2) is 43.0 Å². The van der Waals surface area contributed by atoms with E-state index in [2.05, 4.69) is 30.1 Å². The van der Waals surface area contributed by atoms with E-state index in [1.807, 2.05) is 24.3 Å². The topological polar surface area (TPSA) is 88.2 Å². The Balaban J connectivity index is 1.27. The van der Waals surface area contributed by atoms with Crippen LogP contribution >= 0.6 is 0 Å². The van der Waals surface area contributed by atoms with Gasteiger partial charge in [-0.15, -0.1) is 15.3 Å². The predicted molar refractivity (Wildman–Crippen MR) is 112 cm³/mol. The first-order chi connectivity index (χ1) is 14.8. The van der Waals surface area contributed by atoms with Crippen LogP contribution in [-0.2, 0) is 12.8 Å². The molecule has 0 aromatic carbocycles. The summed E-state index contributed by atoms with van der Waals surface area (Å²) in [6.07, 6.45) is 8.48. The number of aryl methyl sites for hydroxylation is 1. The van der Waals surface area contributed by atoms with Crippen molar-refractivity contribution in [3.8, 4) is 11.4 Å². The molecule has 0 amide bonds. The lowest BCUT2D eigenvalue weighted by molar-refractivity contribution is 0.633. The SMILES string of the molecule is c1cc(-c2nc3c(c(N4CCN(c5ccc6nncn6n5)CC4)n2)CCC3)ccn1. The maximum absolute atomic E-state index is 5.00. The number of pyridine rings is 1. The average Bonchev–Trinajstić information content (AvgIpc) is 3.48. The summed E-state index contributed by atoms with van der Waals surface area (Å²) in [5, 5.41) is 12.6. The second-order valence-corrected chi connectivity index (χ2v) is 7.68. The third kappa shape index (κ3) is 2.94. The quantitative estimate of drug-likeness (QED) is 0.515. The van der Waals surface area contributed by atoms with Gasteiger partial charge in [0.25, 0.3) is 0 Å². The number of piperazine rings is 1. The molecule has 30 heavy (non-hydrogen) atoms. The van der Waals surface area contributed by atoms with Crippen molar-refractivity contribution >= 4 is 17.3 Å². The molecule has 0 bridgehead atoms. The Morgan fingerprint density at radius 3 is 2.53 bits per heavy atom. The van der Waals surface area contributed by atoms with Gasteiger partial charge < -0.3 is 9.80 Å². The van der Waals surface area contributed by atoms with E-state index in [-0.39, 0.29) is 0 Å². The van der Waals surface area contributed by atoms with E-state index in [0.717, 1.165) is 74.1 Å². The van der Waals surface area contributed by atoms with Crippen molar-refractivity contribution in [1.82, 2.24) is 34.8 Å². The zero-order chi connectivity index (χ0) is 19.9. The van der Waals surface area contributed by atoms with Crippen molar-refractivity contribution in [3.05, 3.63) is 54.2 Å². The van der Waals surface area contributed by atoms with Gasteiger partial charge in [0, 0.05) is 55.4 Å². The predicted octanol–water partition coefficient (Wildman–Crippen LogP) is 1.79. The van der Waals surface area contributed by atoms with Crippen LogP contribution in [0.25, 0.3) is 17.0 Å². The number of fused-ring (bicyclic) bond motifs is 2. The van der Waals surface area contributed by atoms with E-state index in [1.54, 1.807) is 23.2 Å². The second-order valence-electron chi connectivity index (χ2n) is 7.68. The molecule has 0 N–H and O–H groups in total. The van der Waals surface area contributed by atoms with Crippen LogP contribution < -0.4 is 9.80 Å². The molecule has 6 rings (SSSR count). The van der Waals surface area contributed by atoms with Crippen LogP contribution in [0.1, 0.15) is 17.7 Å². The highest BCUT2D eigenvalue weighted by molar-refractivity contribution is 5.61. The van der Waals surface area contributed by atoms with Gasteiger partial charge >= 0.3 is 0 Å². The Kier molecular flexibility index (Phi) is 4.03. The molecule has 150 valence electrons. The molecule has 4 aromatic rings. The highest BCUT2D eigenvalue weighted by atomic mass is 15.4. The lowest BCUT2D eigenvalue weighted by Gasteiger charge is -2.36. The summed E-state index contributed by atoms with van der Waals surface area (Å²) in [4.78, 5) is 18.7. The minimum absolute atomic E-state index is 0.762. The standard InChI is InChI=1S/C21H21N9/c1-2-16-17(3-1)24-20(15-6-8-22-9-7-15)25-21(16)29-12-10-28(11-13-29)19-5-4-18-26-23-14-30(18)27-19/h4-9,14H,1-3,10-13H2. The fourth-order valence-electron chi connectivity index (χ4n) is 4.34. The third-order valence-electron chi connectivity index (χ3n) is 5.90. The normalized spacial score (nSPS) is 16.3. The van der Waals surface area contributed by atoms with Crippen LogP contribution in [-0.4, -0.2) is 60.9 Å². The minimum atomic E-state index is 0.762. The van der Waals surface area contributed by atoms with Gasteiger partial charge in [-0.3, -0.25) is 4.98 Å². The Morgan fingerprint density at radius 1 is 0.833 bits per heavy atom. The number of hydrogen-bond acceptors (Lipinski definition) is 8. The van der Waals surface area contributed by atoms with E-state index < -0.39 is 0 Å². The summed E-state index contributed by atoms with van der Waals surface area (Å²) < 4.78 is 1.72. The second kappa shape index (κ2) is 7.01. The van der Waals surface area contributed by atoms with E-state index in [1.165, 1.54) is 11.3 Å². The summed E-state index contributed by atoms with van der Waals surface area (Å²) in [6, 6.07) is 7.93. The summed E-state index contributed by atoms with van der Waals surface area (Å²) in [7, 11) is 0. The molecule has 1 aliphatic carbocycles. The van der Waals surface area contributed by atoms with Gasteiger partial charge in [0.15, 0.2) is 11.5 Å². The molecule has 4 aromatic heterocycles. The number of anilines is 2. The van der Waals surface area contributed by atoms with Crippen LogP contribution in [0, 0.1) is 0 Å². The van der Waals surface area contributed by atoms with E-state index in [9.17, 15) is 0 Å². The molecule has 0 atom stereocenters. The summed E-state index contributed by atoms with van der Waals surface area (Å²) in [5.74, 6) is 2.86. The van der Waals surface area contributed by atoms with Crippen LogP contribution in [0.2, 0.25) is 0 Å². The lowest BCUT2D eigenvalue weighted by Crippen LogP contribution is -2.47. The number of nitrogens with zero attached hydrogens (tertiary/aromatic N) is 9. The van der Waals surface area contributed by atoms with Crippen molar-refractivity contribution in [1.29, 1.82) is 0 Å². The monoisotopic (exact) mass is 399 g/mol. The van der Waals surface area contributed by atoms with Crippen LogP contribution in [0.3, 0.4) is 0 Å². The Hall–Kier alpha value is -3.62. The van der Waals surface area contributed by atoms with Gasteiger partial charge in [-0.25, -0.2) is 9.97 Å². The molecular formula is C21H21N9. The molecule has 2 aliphatic rings. The first-order valence-electron chi connectivity index (χ1n) is 10.3. The smallest absolute Gasteiger partial charge is 0.177 e. The van der Waals surface area contributed by atoms with Gasteiger partial charge in [-0.05, 0) is 43.5 Å². The van der Waals surface area contributed by atoms with Gasteiger partial charge in [0.1, 0.15) is 18.0 Å². The van der Waals surface area contributed by atoms with E-state index in [0.29, 0.717) is 0 Å². The number of hydrogen-bond donors (Lipinski definition) is 0. The van der Waals surface area contributed by atoms with Gasteiger partial charge in [-0.1, -0.05) is 0 Å². The Morgan fingerprint density at radius 2 is 1.67 bits per heavy atom. The molecule has 9 heteroatoms. The van der Waals surface area contributed by atoms with E-state index in [4.69, 9.17) is 9.97 Å². The first kappa shape index (κ1) is 17.3. The largest absolute Gasteiger partial charge is 0.353 e. The van der Waals surface area contributed by atoms with Crippen molar-refractivity contribution in [2.24, 2.45) is 0 Å². The summed E-state index contributed by atoms with van der Waals surface area (Å²) in [6.45, 7) is 3.59. The molecule has 1 fully saturated rings. The van der Waals surface area contributed by atoms with Crippen molar-refractivity contribution < 1.29 is 0 Å². The number of rotatable bonds is 3. The molecule has 5 heterocycles. The van der Waals surface area contributed by atoms with Crippen molar-refractivity contribution in [3.63, 3.8) is 0 Å². The minimum Gasteiger partial charge on any atom is -0.353 e. The molecule has 0 radical (unpaired) electrons. The average molecular weight is 399 g/mol. The Bertz CT molecular complexity index is 1200. The molecule has 0 unspecified atom stereocenters. The zero-order valence-corrected chi connectivity index (χ0v) is 16.5. The van der Waals surface area contributed by atoms with Crippen LogP contribution in [0.5, 0.6) is 0 Å². The molecular weight excluding hydrogens is 378 g/mol. The third-order valence-corrected chi connectivity index (χ3v) is 5.90. The van der Waals surface area contributed by atoms with E-state index >= 15 is 0 Å². The molecule has 0 spiro atoms. The summed E-state index contributed by atoms with van der Waals surface area (Å²) in [5.41, 5.74) is 4.31. The van der Waals surface area contributed by atoms with Gasteiger partial charge in [0.05, 0.1) is 0 Å². The molecule has 1 saturated heterocycles. The maximum Gasteiger partial charge on any atom is 0.177 e. The first-order valence-corrected chi connectivity index (χ1v) is 10.3. The molecule has 9 nitrogen and oxygen atoms in total. The van der Waals surface area contributed by atoms with Crippen LogP contribution in [0.4, 0.5) is 11.6 Å². The number of aromatic nitrogens is 7. The van der Waals surface area contributed by atoms with Crippen molar-refractivity contribution in [2.45, 2.75) is 19.3 Å². The fourth-order valence-corrected chi connectivity index (χ4v) is 4.34. The highest BCUT2D eigenvalue weighted by Gasteiger charge is 2.26. The Labute approximate surface area is 173 Å². The van der Waals surface area contributed by atoms with Gasteiger partial charge in [-0.2, -0.15) is 4.52 Å². The van der Waals surface area contributed by atoms with Gasteiger partial charge in [0.2, 0.25) is 0 Å². The fraction of sp³-hybridized carbons (Fsp3) is 0.333. The summed E-state index contributed by atoms with van der Waals surface area (Å²) >= 11 is 0. The lowest BCUT2D eigenvalue weighted by atomic mass is 10.1. The highest BCUT2D eigenvalue weighted by Crippen LogP contribution is 2.32.